The third-order valence-electron chi connectivity index (χ3n) is 2.07. The largest absolute Gasteiger partial charge is 0.301 e. The first-order valence-corrected chi connectivity index (χ1v) is 8.54. The van der Waals surface area contributed by atoms with E-state index in [1.54, 1.807) is 6.92 Å². The van der Waals surface area contributed by atoms with Gasteiger partial charge in [-0.2, -0.15) is 0 Å². The van der Waals surface area contributed by atoms with Gasteiger partial charge in [0.1, 0.15) is 5.01 Å². The van der Waals surface area contributed by atoms with Crippen molar-refractivity contribution in [1.82, 2.24) is 20.4 Å². The molecule has 2 heterocycles. The molecule has 0 radical (unpaired) electrons. The number of aromatic nitrogens is 4. The first kappa shape index (κ1) is 15.8. The van der Waals surface area contributed by atoms with Crippen LogP contribution in [0.3, 0.4) is 0 Å². The summed E-state index contributed by atoms with van der Waals surface area (Å²) in [4.78, 5) is 22.9. The van der Waals surface area contributed by atoms with Crippen molar-refractivity contribution in [2.75, 3.05) is 16.4 Å². The summed E-state index contributed by atoms with van der Waals surface area (Å²) in [6.07, 6.45) is 0.381. The number of carbonyl (C=O) groups excluding carboxylic acids is 2. The third-order valence-corrected chi connectivity index (χ3v) is 4.80. The quantitative estimate of drug-likeness (QED) is 0.607. The van der Waals surface area contributed by atoms with Gasteiger partial charge in [-0.15, -0.1) is 20.4 Å². The Morgan fingerprint density at radius 3 is 2.38 bits per heavy atom. The highest BCUT2D eigenvalue weighted by Crippen LogP contribution is 2.25. The van der Waals surface area contributed by atoms with Crippen LogP contribution in [0.1, 0.15) is 18.4 Å². The number of carbonyl (C=O) groups is 2. The fraction of sp³-hybridized carbons (Fsp3) is 0.400. The fourth-order valence-corrected chi connectivity index (χ4v) is 3.33. The Kier molecular flexibility index (Phi) is 5.59. The predicted octanol–water partition coefficient (Wildman–Crippen LogP) is 1.78. The number of nitrogens with zero attached hydrogens (tertiary/aromatic N) is 4. The molecule has 0 aliphatic heterocycles. The van der Waals surface area contributed by atoms with Crippen molar-refractivity contribution in [1.29, 1.82) is 0 Å². The molecule has 0 bridgehead atoms. The van der Waals surface area contributed by atoms with E-state index in [1.165, 1.54) is 34.4 Å². The lowest BCUT2D eigenvalue weighted by atomic mass is 10.5. The molecule has 11 heteroatoms. The zero-order valence-corrected chi connectivity index (χ0v) is 13.7. The van der Waals surface area contributed by atoms with Crippen molar-refractivity contribution >= 4 is 56.5 Å². The Labute approximate surface area is 132 Å². The smallest absolute Gasteiger partial charge is 0.236 e. The monoisotopic (exact) mass is 344 g/mol. The standard InChI is InChI=1S/C10H12N6O2S3/c1-3-6(17)11-9-15-16-10(21-9)19-4-7(18)12-8-14-13-5(2)20-8/h3-4H2,1-2H3,(H,11,15,17)(H,12,14,18). The van der Waals surface area contributed by atoms with E-state index in [-0.39, 0.29) is 17.6 Å². The van der Waals surface area contributed by atoms with Crippen molar-refractivity contribution in [2.24, 2.45) is 0 Å². The number of hydrogen-bond acceptors (Lipinski definition) is 9. The van der Waals surface area contributed by atoms with Crippen LogP contribution in [-0.2, 0) is 9.59 Å². The van der Waals surface area contributed by atoms with E-state index in [2.05, 4.69) is 31.0 Å². The summed E-state index contributed by atoms with van der Waals surface area (Å²) in [5, 5.41) is 22.3. The van der Waals surface area contributed by atoms with Crippen molar-refractivity contribution in [3.05, 3.63) is 5.01 Å². The van der Waals surface area contributed by atoms with Gasteiger partial charge in [0.2, 0.25) is 22.1 Å². The van der Waals surface area contributed by atoms with Gasteiger partial charge in [-0.25, -0.2) is 0 Å². The Hall–Kier alpha value is -1.59. The van der Waals surface area contributed by atoms with Gasteiger partial charge < -0.3 is 5.32 Å². The molecule has 21 heavy (non-hydrogen) atoms. The maximum atomic E-state index is 11.7. The lowest BCUT2D eigenvalue weighted by Gasteiger charge is -1.98. The minimum atomic E-state index is -0.189. The molecule has 0 aliphatic rings. The molecule has 2 N–H and O–H groups in total. The molecule has 0 atom stereocenters. The minimum Gasteiger partial charge on any atom is -0.301 e. The number of amides is 2. The summed E-state index contributed by atoms with van der Waals surface area (Å²) >= 11 is 3.80. The van der Waals surface area contributed by atoms with Crippen LogP contribution >= 0.6 is 34.4 Å². The molecule has 0 fully saturated rings. The van der Waals surface area contributed by atoms with Gasteiger partial charge in [0.25, 0.3) is 0 Å². The van der Waals surface area contributed by atoms with Gasteiger partial charge in [-0.3, -0.25) is 14.9 Å². The fourth-order valence-electron chi connectivity index (χ4n) is 1.16. The van der Waals surface area contributed by atoms with E-state index in [9.17, 15) is 9.59 Å². The molecule has 2 rings (SSSR count). The SMILES string of the molecule is CCC(=O)Nc1nnc(SCC(=O)Nc2nnc(C)s2)s1. The van der Waals surface area contributed by atoms with E-state index >= 15 is 0 Å². The molecule has 2 aromatic rings. The number of aryl methyl sites for hydroxylation is 1. The summed E-state index contributed by atoms with van der Waals surface area (Å²) in [5.41, 5.74) is 0. The number of thioether (sulfide) groups is 1. The minimum absolute atomic E-state index is 0.118. The number of hydrogen-bond donors (Lipinski definition) is 2. The van der Waals surface area contributed by atoms with Gasteiger partial charge in [0, 0.05) is 6.42 Å². The van der Waals surface area contributed by atoms with Crippen molar-refractivity contribution < 1.29 is 9.59 Å². The zero-order chi connectivity index (χ0) is 15.2. The lowest BCUT2D eigenvalue weighted by Crippen LogP contribution is -2.13. The van der Waals surface area contributed by atoms with Crippen molar-refractivity contribution in [2.45, 2.75) is 24.6 Å². The van der Waals surface area contributed by atoms with Crippen LogP contribution in [0.5, 0.6) is 0 Å². The molecule has 0 unspecified atom stereocenters. The molecule has 8 nitrogen and oxygen atoms in total. The van der Waals surface area contributed by atoms with Gasteiger partial charge >= 0.3 is 0 Å². The van der Waals surface area contributed by atoms with Crippen molar-refractivity contribution in [3.8, 4) is 0 Å². The lowest BCUT2D eigenvalue weighted by molar-refractivity contribution is -0.116. The van der Waals surface area contributed by atoms with Gasteiger partial charge in [-0.1, -0.05) is 41.4 Å². The van der Waals surface area contributed by atoms with Crippen LogP contribution in [0.4, 0.5) is 10.3 Å². The summed E-state index contributed by atoms with van der Waals surface area (Å²) in [5.74, 6) is -0.118. The van der Waals surface area contributed by atoms with Crippen LogP contribution < -0.4 is 10.6 Å². The van der Waals surface area contributed by atoms with Crippen LogP contribution in [0.2, 0.25) is 0 Å². The highest BCUT2D eigenvalue weighted by atomic mass is 32.2. The third kappa shape index (κ3) is 5.02. The number of nitrogens with one attached hydrogen (secondary N) is 2. The van der Waals surface area contributed by atoms with Crippen LogP contribution in [0.15, 0.2) is 4.34 Å². The molecular weight excluding hydrogens is 332 g/mol. The molecule has 0 aromatic carbocycles. The van der Waals surface area contributed by atoms with Gasteiger partial charge in [-0.05, 0) is 6.92 Å². The Bertz CT molecular complexity index is 640. The second-order valence-electron chi connectivity index (χ2n) is 3.74. The molecule has 0 saturated heterocycles. The maximum absolute atomic E-state index is 11.7. The van der Waals surface area contributed by atoms with Gasteiger partial charge in [0.05, 0.1) is 5.75 Å². The number of anilines is 2. The molecule has 112 valence electrons. The average Bonchev–Trinajstić information content (AvgIpc) is 3.06. The summed E-state index contributed by atoms with van der Waals surface area (Å²) in [6.45, 7) is 3.57. The van der Waals surface area contributed by atoms with Crippen LogP contribution in [0, 0.1) is 6.92 Å². The average molecular weight is 344 g/mol. The molecular formula is C10H12N6O2S3. The van der Waals surface area contributed by atoms with Crippen molar-refractivity contribution in [3.63, 3.8) is 0 Å². The maximum Gasteiger partial charge on any atom is 0.236 e. The second kappa shape index (κ2) is 7.43. The number of rotatable bonds is 6. The highest BCUT2D eigenvalue weighted by molar-refractivity contribution is 8.01. The molecule has 0 aliphatic carbocycles. The highest BCUT2D eigenvalue weighted by Gasteiger charge is 2.11. The Balaban J connectivity index is 1.80. The van der Waals surface area contributed by atoms with E-state index in [1.807, 2.05) is 6.92 Å². The Morgan fingerprint density at radius 1 is 1.05 bits per heavy atom. The summed E-state index contributed by atoms with van der Waals surface area (Å²) in [6, 6.07) is 0. The normalized spacial score (nSPS) is 10.4. The molecule has 0 spiro atoms. The van der Waals surface area contributed by atoms with Crippen LogP contribution in [-0.4, -0.2) is 38.0 Å². The first-order valence-electron chi connectivity index (χ1n) is 5.93. The van der Waals surface area contributed by atoms with E-state index in [4.69, 9.17) is 0 Å². The van der Waals surface area contributed by atoms with Gasteiger partial charge in [0.15, 0.2) is 4.34 Å². The van der Waals surface area contributed by atoms with Crippen LogP contribution in [0.25, 0.3) is 0 Å². The Morgan fingerprint density at radius 2 is 1.71 bits per heavy atom. The first-order chi connectivity index (χ1) is 10.1. The van der Waals surface area contributed by atoms with E-state index in [0.717, 1.165) is 5.01 Å². The van der Waals surface area contributed by atoms with E-state index < -0.39 is 0 Å². The zero-order valence-electron chi connectivity index (χ0n) is 11.2. The summed E-state index contributed by atoms with van der Waals surface area (Å²) in [7, 11) is 0. The molecule has 2 amide bonds. The molecule has 0 saturated carbocycles. The topological polar surface area (TPSA) is 110 Å². The summed E-state index contributed by atoms with van der Waals surface area (Å²) < 4.78 is 0.616. The predicted molar refractivity (Wildman–Crippen MR) is 82.8 cm³/mol. The molecule has 2 aromatic heterocycles. The van der Waals surface area contributed by atoms with E-state index in [0.29, 0.717) is 21.0 Å². The second-order valence-corrected chi connectivity index (χ2v) is 7.12.